The zero-order valence-corrected chi connectivity index (χ0v) is 14.9. The summed E-state index contributed by atoms with van der Waals surface area (Å²) in [5.41, 5.74) is 10.7. The van der Waals surface area contributed by atoms with Crippen LogP contribution in [0.3, 0.4) is 0 Å². The van der Waals surface area contributed by atoms with Crippen LogP contribution < -0.4 is 10.9 Å². The van der Waals surface area contributed by atoms with Gasteiger partial charge in [-0.25, -0.2) is 14.2 Å². The topological polar surface area (TPSA) is 43.1 Å². The maximum Gasteiger partial charge on any atom is 0.130 e. The van der Waals surface area contributed by atoms with E-state index in [1.165, 1.54) is 28.2 Å². The van der Waals surface area contributed by atoms with Crippen LogP contribution in [0.1, 0.15) is 22.9 Å². The second-order valence-electron chi connectivity index (χ2n) is 7.54. The monoisotopic (exact) mass is 368 g/mol. The molecule has 27 heavy (non-hydrogen) atoms. The smallest absolute Gasteiger partial charge is 0.130 e. The van der Waals surface area contributed by atoms with Crippen LogP contribution in [-0.4, -0.2) is 29.5 Å². The molecular weight excluding hydrogens is 346 g/mol. The molecule has 2 aliphatic heterocycles. The summed E-state index contributed by atoms with van der Waals surface area (Å²) in [4.78, 5) is 5.98. The third-order valence-corrected chi connectivity index (χ3v) is 5.85. The molecule has 0 spiro atoms. The largest absolute Gasteiger partial charge is 0.358 e. The Labute approximate surface area is 156 Å². The molecule has 140 valence electrons. The Bertz CT molecular complexity index is 983. The zero-order chi connectivity index (χ0) is 18.4. The number of hydrazine groups is 1. The number of para-hydroxylation sites is 1. The van der Waals surface area contributed by atoms with Gasteiger partial charge in [0, 0.05) is 66.7 Å². The molecule has 0 amide bonds. The fourth-order valence-electron chi connectivity index (χ4n) is 4.50. The SMILES string of the molecule is Fc1ccc(C2NNCC2CN2CCc3[nH]c4ccccc4c3C2)c(F)c1. The van der Waals surface area contributed by atoms with Crippen LogP contribution in [0.5, 0.6) is 0 Å². The molecule has 3 heterocycles. The number of aromatic amines is 1. The number of nitrogens with zero attached hydrogens (tertiary/aromatic N) is 1. The van der Waals surface area contributed by atoms with E-state index in [4.69, 9.17) is 0 Å². The lowest BCUT2D eigenvalue weighted by atomic mass is 9.93. The van der Waals surface area contributed by atoms with Gasteiger partial charge in [-0.2, -0.15) is 0 Å². The predicted molar refractivity (Wildman–Crippen MR) is 101 cm³/mol. The Morgan fingerprint density at radius 1 is 1.11 bits per heavy atom. The van der Waals surface area contributed by atoms with Crippen molar-refractivity contribution in [2.24, 2.45) is 5.92 Å². The number of H-pyrrole nitrogens is 1. The van der Waals surface area contributed by atoms with Crippen LogP contribution in [0, 0.1) is 17.6 Å². The van der Waals surface area contributed by atoms with Gasteiger partial charge in [0.2, 0.25) is 0 Å². The zero-order valence-electron chi connectivity index (χ0n) is 14.9. The molecule has 0 radical (unpaired) electrons. The van der Waals surface area contributed by atoms with Crippen LogP contribution in [0.4, 0.5) is 8.78 Å². The second-order valence-corrected chi connectivity index (χ2v) is 7.54. The number of fused-ring (bicyclic) bond motifs is 3. The maximum absolute atomic E-state index is 14.3. The highest BCUT2D eigenvalue weighted by molar-refractivity contribution is 5.84. The van der Waals surface area contributed by atoms with Crippen LogP contribution >= 0.6 is 0 Å². The summed E-state index contributed by atoms with van der Waals surface area (Å²) in [6.45, 7) is 3.50. The molecule has 4 nitrogen and oxygen atoms in total. The summed E-state index contributed by atoms with van der Waals surface area (Å²) < 4.78 is 27.5. The molecule has 3 aromatic rings. The summed E-state index contributed by atoms with van der Waals surface area (Å²) in [7, 11) is 0. The third-order valence-electron chi connectivity index (χ3n) is 5.85. The minimum atomic E-state index is -0.540. The molecule has 1 aromatic heterocycles. The Morgan fingerprint density at radius 2 is 2.00 bits per heavy atom. The van der Waals surface area contributed by atoms with Crippen molar-refractivity contribution in [2.45, 2.75) is 19.0 Å². The fourth-order valence-corrected chi connectivity index (χ4v) is 4.50. The first-order valence-corrected chi connectivity index (χ1v) is 9.43. The van der Waals surface area contributed by atoms with E-state index in [1.54, 1.807) is 6.07 Å². The molecule has 5 rings (SSSR count). The highest BCUT2D eigenvalue weighted by atomic mass is 19.1. The quantitative estimate of drug-likeness (QED) is 0.665. The summed E-state index contributed by atoms with van der Waals surface area (Å²) >= 11 is 0. The summed E-state index contributed by atoms with van der Waals surface area (Å²) in [6, 6.07) is 12.1. The van der Waals surface area contributed by atoms with E-state index in [2.05, 4.69) is 45.0 Å². The first kappa shape index (κ1) is 16.9. The van der Waals surface area contributed by atoms with Crippen molar-refractivity contribution in [3.63, 3.8) is 0 Å². The minimum Gasteiger partial charge on any atom is -0.358 e. The highest BCUT2D eigenvalue weighted by Gasteiger charge is 2.33. The van der Waals surface area contributed by atoms with Crippen LogP contribution in [-0.2, 0) is 13.0 Å². The van der Waals surface area contributed by atoms with E-state index in [9.17, 15) is 8.78 Å². The first-order valence-electron chi connectivity index (χ1n) is 9.43. The van der Waals surface area contributed by atoms with Crippen LogP contribution in [0.15, 0.2) is 42.5 Å². The number of nitrogens with one attached hydrogen (secondary N) is 3. The molecule has 0 aliphatic carbocycles. The van der Waals surface area contributed by atoms with Crippen molar-refractivity contribution in [3.05, 3.63) is 70.9 Å². The van der Waals surface area contributed by atoms with Gasteiger partial charge in [-0.05, 0) is 17.7 Å². The predicted octanol–water partition coefficient (Wildman–Crippen LogP) is 3.27. The van der Waals surface area contributed by atoms with Gasteiger partial charge in [0.1, 0.15) is 11.6 Å². The number of rotatable bonds is 3. The first-order chi connectivity index (χ1) is 13.2. The molecule has 3 N–H and O–H groups in total. The average Bonchev–Trinajstić information content (AvgIpc) is 3.26. The molecule has 0 bridgehead atoms. The van der Waals surface area contributed by atoms with Crippen molar-refractivity contribution >= 4 is 10.9 Å². The Balaban J connectivity index is 1.36. The van der Waals surface area contributed by atoms with E-state index in [-0.39, 0.29) is 12.0 Å². The van der Waals surface area contributed by atoms with Gasteiger partial charge in [0.05, 0.1) is 6.04 Å². The molecule has 6 heteroatoms. The number of hydrogen-bond acceptors (Lipinski definition) is 3. The lowest BCUT2D eigenvalue weighted by molar-refractivity contribution is 0.208. The van der Waals surface area contributed by atoms with Crippen LogP contribution in [0.2, 0.25) is 0 Å². The lowest BCUT2D eigenvalue weighted by Crippen LogP contribution is -2.36. The third kappa shape index (κ3) is 3.04. The van der Waals surface area contributed by atoms with Gasteiger partial charge in [-0.3, -0.25) is 10.3 Å². The Morgan fingerprint density at radius 3 is 2.89 bits per heavy atom. The summed E-state index contributed by atoms with van der Waals surface area (Å²) in [5.74, 6) is -0.808. The van der Waals surface area contributed by atoms with Gasteiger partial charge < -0.3 is 4.98 Å². The maximum atomic E-state index is 14.3. The molecular formula is C21H22F2N4. The van der Waals surface area contributed by atoms with Crippen molar-refractivity contribution in [2.75, 3.05) is 19.6 Å². The molecule has 0 saturated carbocycles. The molecule has 2 unspecified atom stereocenters. The minimum absolute atomic E-state index is 0.157. The van der Waals surface area contributed by atoms with Gasteiger partial charge in [-0.1, -0.05) is 24.3 Å². The van der Waals surface area contributed by atoms with Crippen molar-refractivity contribution < 1.29 is 8.78 Å². The van der Waals surface area contributed by atoms with Gasteiger partial charge in [0.15, 0.2) is 0 Å². The summed E-state index contributed by atoms with van der Waals surface area (Å²) in [5, 5.41) is 1.29. The average molecular weight is 368 g/mol. The van der Waals surface area contributed by atoms with E-state index in [1.807, 2.05) is 0 Å². The number of benzene rings is 2. The highest BCUT2D eigenvalue weighted by Crippen LogP contribution is 2.31. The van der Waals surface area contributed by atoms with Crippen molar-refractivity contribution in [1.82, 2.24) is 20.7 Å². The normalized spacial score (nSPS) is 23.0. The summed E-state index contributed by atoms with van der Waals surface area (Å²) in [6.07, 6.45) is 0.993. The van der Waals surface area contributed by atoms with Gasteiger partial charge in [0.25, 0.3) is 0 Å². The standard InChI is InChI=1S/C21H22F2N4/c22-14-5-6-16(18(23)9-14)21-13(10-24-26-21)11-27-8-7-20-17(12-27)15-3-1-2-4-19(15)25-20/h1-6,9,13,21,24-26H,7-8,10-12H2. The molecule has 1 fully saturated rings. The van der Waals surface area contributed by atoms with Gasteiger partial charge >= 0.3 is 0 Å². The van der Waals surface area contributed by atoms with Crippen molar-refractivity contribution in [1.29, 1.82) is 0 Å². The van der Waals surface area contributed by atoms with Crippen molar-refractivity contribution in [3.8, 4) is 0 Å². The van der Waals surface area contributed by atoms with E-state index < -0.39 is 11.6 Å². The van der Waals surface area contributed by atoms with E-state index in [0.29, 0.717) is 5.56 Å². The Hall–Kier alpha value is -2.28. The van der Waals surface area contributed by atoms with Crippen LogP contribution in [0.25, 0.3) is 10.9 Å². The molecule has 1 saturated heterocycles. The fraction of sp³-hybridized carbons (Fsp3) is 0.333. The van der Waals surface area contributed by atoms with Gasteiger partial charge in [-0.15, -0.1) is 0 Å². The van der Waals surface area contributed by atoms with E-state index in [0.717, 1.165) is 38.7 Å². The number of hydrogen-bond donors (Lipinski definition) is 3. The number of aromatic nitrogens is 1. The molecule has 2 aromatic carbocycles. The lowest BCUT2D eigenvalue weighted by Gasteiger charge is -2.31. The second kappa shape index (κ2) is 6.71. The number of halogens is 2. The molecule has 2 aliphatic rings. The molecule has 2 atom stereocenters. The Kier molecular flexibility index (Phi) is 4.19. The van der Waals surface area contributed by atoms with E-state index >= 15 is 0 Å².